The highest BCUT2D eigenvalue weighted by Gasteiger charge is 2.10. The Morgan fingerprint density at radius 1 is 1.12 bits per heavy atom. The number of thiazole rings is 1. The highest BCUT2D eigenvalue weighted by Crippen LogP contribution is 2.23. The highest BCUT2D eigenvalue weighted by molar-refractivity contribution is 7.07. The van der Waals surface area contributed by atoms with Crippen LogP contribution in [0.4, 0.5) is 4.39 Å². The molecule has 0 atom stereocenters. The Labute approximate surface area is 158 Å². The minimum atomic E-state index is -0.279. The lowest BCUT2D eigenvalue weighted by Crippen LogP contribution is -2.14. The van der Waals surface area contributed by atoms with Crippen LogP contribution in [0.1, 0.15) is 12.5 Å². The summed E-state index contributed by atoms with van der Waals surface area (Å²) in [7, 11) is 1.71. The molecule has 3 aromatic rings. The number of aromatic nitrogens is 1. The normalized spacial score (nSPS) is 12.7. The molecule has 0 saturated carbocycles. The van der Waals surface area contributed by atoms with Crippen molar-refractivity contribution in [1.82, 2.24) is 4.68 Å². The van der Waals surface area contributed by atoms with Crippen molar-refractivity contribution in [3.8, 4) is 11.3 Å². The van der Waals surface area contributed by atoms with Crippen molar-refractivity contribution >= 4 is 40.3 Å². The third kappa shape index (κ3) is 3.84. The molecule has 0 fully saturated rings. The number of rotatable bonds is 3. The maximum absolute atomic E-state index is 13.2. The van der Waals surface area contributed by atoms with Crippen molar-refractivity contribution in [2.75, 3.05) is 7.05 Å². The monoisotopic (exact) mass is 393 g/mol. The summed E-state index contributed by atoms with van der Waals surface area (Å²) < 4.78 is 14.9. The molecule has 3 rings (SSSR count). The quantitative estimate of drug-likeness (QED) is 0.528. The molecule has 0 bridgehead atoms. The summed E-state index contributed by atoms with van der Waals surface area (Å²) in [5.41, 5.74) is 3.19. The van der Waals surface area contributed by atoms with Crippen molar-refractivity contribution in [1.29, 1.82) is 0 Å². The average molecular weight is 394 g/mol. The van der Waals surface area contributed by atoms with E-state index in [1.807, 2.05) is 18.4 Å². The van der Waals surface area contributed by atoms with E-state index in [0.717, 1.165) is 27.3 Å². The van der Waals surface area contributed by atoms with Gasteiger partial charge in [-0.05, 0) is 43.3 Å². The Morgan fingerprint density at radius 3 is 2.48 bits per heavy atom. The highest BCUT2D eigenvalue weighted by atomic mass is 35.5. The maximum atomic E-state index is 13.2. The molecular weight excluding hydrogens is 380 g/mol. The Bertz CT molecular complexity index is 1000. The fraction of sp³-hybridized carbons (Fsp3) is 0.111. The second kappa shape index (κ2) is 7.52. The molecule has 0 spiro atoms. The van der Waals surface area contributed by atoms with Gasteiger partial charge in [0.15, 0.2) is 0 Å². The van der Waals surface area contributed by atoms with Crippen molar-refractivity contribution in [3.63, 3.8) is 0 Å². The molecule has 1 heterocycles. The van der Waals surface area contributed by atoms with E-state index in [9.17, 15) is 4.39 Å². The molecule has 0 aliphatic carbocycles. The van der Waals surface area contributed by atoms with Crippen molar-refractivity contribution in [3.05, 3.63) is 74.1 Å². The van der Waals surface area contributed by atoms with E-state index in [4.69, 9.17) is 23.2 Å². The third-order valence-electron chi connectivity index (χ3n) is 3.59. The molecule has 1 aromatic heterocycles. The molecule has 25 heavy (non-hydrogen) atoms. The summed E-state index contributed by atoms with van der Waals surface area (Å²) in [6.07, 6.45) is 0. The SMILES string of the molecule is CN=c1scc(-c2ccc(F)cc2)n1/N=C(\C)c1ccc(Cl)cc1Cl. The molecule has 0 aliphatic rings. The lowest BCUT2D eigenvalue weighted by atomic mass is 10.1. The molecule has 7 heteroatoms. The number of nitrogens with zero attached hydrogens (tertiary/aromatic N) is 3. The first-order chi connectivity index (χ1) is 12.0. The van der Waals surface area contributed by atoms with E-state index in [-0.39, 0.29) is 5.82 Å². The Hall–Kier alpha value is -1.95. The molecule has 128 valence electrons. The van der Waals surface area contributed by atoms with E-state index >= 15 is 0 Å². The second-order valence-electron chi connectivity index (χ2n) is 5.26. The minimum Gasteiger partial charge on any atom is -0.261 e. The first-order valence-electron chi connectivity index (χ1n) is 7.40. The van der Waals surface area contributed by atoms with Gasteiger partial charge in [-0.25, -0.2) is 9.07 Å². The van der Waals surface area contributed by atoms with Gasteiger partial charge in [-0.1, -0.05) is 29.3 Å². The Balaban J connectivity index is 2.13. The lowest BCUT2D eigenvalue weighted by Gasteiger charge is -2.08. The van der Waals surface area contributed by atoms with Crippen LogP contribution in [0.25, 0.3) is 11.3 Å². The minimum absolute atomic E-state index is 0.279. The fourth-order valence-corrected chi connectivity index (χ4v) is 3.70. The molecule has 0 radical (unpaired) electrons. The van der Waals surface area contributed by atoms with Crippen LogP contribution in [0.2, 0.25) is 10.0 Å². The summed E-state index contributed by atoms with van der Waals surface area (Å²) in [5.74, 6) is -0.279. The van der Waals surface area contributed by atoms with Crippen LogP contribution in [0.5, 0.6) is 0 Å². The van der Waals surface area contributed by atoms with Crippen LogP contribution in [-0.2, 0) is 0 Å². The Morgan fingerprint density at radius 2 is 1.84 bits per heavy atom. The van der Waals surface area contributed by atoms with Crippen molar-refractivity contribution < 1.29 is 4.39 Å². The van der Waals surface area contributed by atoms with E-state index in [2.05, 4.69) is 10.1 Å². The van der Waals surface area contributed by atoms with Crippen LogP contribution < -0.4 is 4.80 Å². The van der Waals surface area contributed by atoms with Gasteiger partial charge >= 0.3 is 0 Å². The molecule has 2 aromatic carbocycles. The Kier molecular flexibility index (Phi) is 5.37. The molecule has 0 aliphatic heterocycles. The smallest absolute Gasteiger partial charge is 0.205 e. The van der Waals surface area contributed by atoms with Gasteiger partial charge in [-0.15, -0.1) is 11.3 Å². The van der Waals surface area contributed by atoms with E-state index in [1.54, 1.807) is 36.0 Å². The summed E-state index contributed by atoms with van der Waals surface area (Å²) in [6, 6.07) is 11.6. The lowest BCUT2D eigenvalue weighted by molar-refractivity contribution is 0.628. The van der Waals surface area contributed by atoms with Crippen LogP contribution >= 0.6 is 34.5 Å². The summed E-state index contributed by atoms with van der Waals surface area (Å²) in [4.78, 5) is 4.99. The molecule has 0 unspecified atom stereocenters. The number of hydrogen-bond acceptors (Lipinski definition) is 3. The van der Waals surface area contributed by atoms with Gasteiger partial charge in [0.05, 0.1) is 16.4 Å². The van der Waals surface area contributed by atoms with Crippen LogP contribution in [0.15, 0.2) is 57.9 Å². The molecule has 0 saturated heterocycles. The zero-order valence-electron chi connectivity index (χ0n) is 13.5. The number of hydrogen-bond donors (Lipinski definition) is 0. The summed E-state index contributed by atoms with van der Waals surface area (Å²) >= 11 is 13.7. The largest absolute Gasteiger partial charge is 0.261 e. The standard InChI is InChI=1S/C18H14Cl2FN3S/c1-11(15-8-5-13(19)9-16(15)20)23-24-17(10-25-18(24)22-2)12-3-6-14(21)7-4-12/h3-10H,1-2H3/b22-18?,23-11+. The zero-order valence-corrected chi connectivity index (χ0v) is 15.8. The van der Waals surface area contributed by atoms with E-state index in [1.165, 1.54) is 23.5 Å². The predicted octanol–water partition coefficient (Wildman–Crippen LogP) is 5.47. The first-order valence-corrected chi connectivity index (χ1v) is 9.03. The topological polar surface area (TPSA) is 29.6 Å². The van der Waals surface area contributed by atoms with Gasteiger partial charge < -0.3 is 0 Å². The van der Waals surface area contributed by atoms with Gasteiger partial charge in [0.2, 0.25) is 4.80 Å². The van der Waals surface area contributed by atoms with Gasteiger partial charge in [-0.3, -0.25) is 4.99 Å². The summed E-state index contributed by atoms with van der Waals surface area (Å²) in [6.45, 7) is 1.87. The summed E-state index contributed by atoms with van der Waals surface area (Å²) in [5, 5.41) is 7.72. The fourth-order valence-electron chi connectivity index (χ4n) is 2.35. The van der Waals surface area contributed by atoms with Crippen molar-refractivity contribution in [2.45, 2.75) is 6.92 Å². The second-order valence-corrected chi connectivity index (χ2v) is 6.94. The molecule has 3 nitrogen and oxygen atoms in total. The molecular formula is C18H14Cl2FN3S. The number of benzene rings is 2. The third-order valence-corrected chi connectivity index (χ3v) is 5.04. The molecule has 0 amide bonds. The first kappa shape index (κ1) is 17.9. The van der Waals surface area contributed by atoms with Gasteiger partial charge in [-0.2, -0.15) is 5.10 Å². The number of halogens is 3. The van der Waals surface area contributed by atoms with Crippen LogP contribution in [-0.4, -0.2) is 17.4 Å². The van der Waals surface area contributed by atoms with Crippen LogP contribution in [0, 0.1) is 5.82 Å². The zero-order chi connectivity index (χ0) is 18.0. The van der Waals surface area contributed by atoms with Gasteiger partial charge in [0, 0.05) is 28.6 Å². The van der Waals surface area contributed by atoms with E-state index < -0.39 is 0 Å². The van der Waals surface area contributed by atoms with Gasteiger partial charge in [0.25, 0.3) is 0 Å². The van der Waals surface area contributed by atoms with Crippen LogP contribution in [0.3, 0.4) is 0 Å². The van der Waals surface area contributed by atoms with Crippen molar-refractivity contribution in [2.24, 2.45) is 10.1 Å². The predicted molar refractivity (Wildman–Crippen MR) is 103 cm³/mol. The van der Waals surface area contributed by atoms with E-state index in [0.29, 0.717) is 10.0 Å². The maximum Gasteiger partial charge on any atom is 0.205 e. The molecule has 0 N–H and O–H groups in total. The average Bonchev–Trinajstić information content (AvgIpc) is 2.98. The van der Waals surface area contributed by atoms with Gasteiger partial charge in [0.1, 0.15) is 5.82 Å².